The molecule has 1 saturated heterocycles. The lowest BCUT2D eigenvalue weighted by Gasteiger charge is -2.38. The normalized spacial score (nSPS) is 34.3. The SMILES string of the molecule is CC1=CC(C2=CC3C=NC3C(NC3CNC3)=C2)=CC(C)N1. The molecular formula is C17H22N4. The van der Waals surface area contributed by atoms with E-state index in [1.54, 1.807) is 0 Å². The van der Waals surface area contributed by atoms with E-state index in [-0.39, 0.29) is 0 Å². The molecule has 3 atom stereocenters. The number of rotatable bonds is 3. The highest BCUT2D eigenvalue weighted by Crippen LogP contribution is 2.33. The highest BCUT2D eigenvalue weighted by Gasteiger charge is 2.33. The Morgan fingerprint density at radius 2 is 2.00 bits per heavy atom. The van der Waals surface area contributed by atoms with Gasteiger partial charge in [0.05, 0.1) is 6.04 Å². The first-order chi connectivity index (χ1) is 10.2. The summed E-state index contributed by atoms with van der Waals surface area (Å²) in [5, 5.41) is 10.4. The van der Waals surface area contributed by atoms with E-state index in [2.05, 4.69) is 65.3 Å². The summed E-state index contributed by atoms with van der Waals surface area (Å²) < 4.78 is 0. The summed E-state index contributed by atoms with van der Waals surface area (Å²) in [5.41, 5.74) is 5.16. The highest BCUT2D eigenvalue weighted by molar-refractivity contribution is 5.75. The Hall–Kier alpha value is -1.81. The summed E-state index contributed by atoms with van der Waals surface area (Å²) in [7, 11) is 0. The van der Waals surface area contributed by atoms with Gasteiger partial charge in [0.1, 0.15) is 6.04 Å². The van der Waals surface area contributed by atoms with Gasteiger partial charge < -0.3 is 16.0 Å². The Bertz CT molecular complexity index is 604. The van der Waals surface area contributed by atoms with E-state index in [9.17, 15) is 0 Å². The lowest BCUT2D eigenvalue weighted by molar-refractivity contribution is 0.377. The molecule has 4 nitrogen and oxygen atoms in total. The number of hydrogen-bond donors (Lipinski definition) is 3. The first kappa shape index (κ1) is 12.9. The summed E-state index contributed by atoms with van der Waals surface area (Å²) in [6.07, 6.45) is 11.3. The summed E-state index contributed by atoms with van der Waals surface area (Å²) in [5.74, 6) is 0.459. The highest BCUT2D eigenvalue weighted by atomic mass is 15.1. The van der Waals surface area contributed by atoms with Crippen LogP contribution in [0.25, 0.3) is 0 Å². The molecule has 0 aromatic heterocycles. The van der Waals surface area contributed by atoms with Crippen LogP contribution in [0.3, 0.4) is 0 Å². The van der Waals surface area contributed by atoms with Crippen LogP contribution in [0.5, 0.6) is 0 Å². The van der Waals surface area contributed by atoms with Crippen molar-refractivity contribution in [1.29, 1.82) is 0 Å². The molecule has 4 heteroatoms. The Labute approximate surface area is 125 Å². The molecule has 1 fully saturated rings. The van der Waals surface area contributed by atoms with E-state index in [1.807, 2.05) is 0 Å². The Morgan fingerprint density at radius 1 is 1.19 bits per heavy atom. The molecule has 3 heterocycles. The maximum absolute atomic E-state index is 4.53. The van der Waals surface area contributed by atoms with Gasteiger partial charge in [0.2, 0.25) is 0 Å². The maximum Gasteiger partial charge on any atom is 0.100 e. The minimum absolute atomic E-state index is 0.319. The van der Waals surface area contributed by atoms with Gasteiger partial charge in [-0.05, 0) is 37.1 Å². The van der Waals surface area contributed by atoms with E-state index in [1.165, 1.54) is 22.5 Å². The van der Waals surface area contributed by atoms with Crippen LogP contribution in [-0.4, -0.2) is 37.4 Å². The summed E-state index contributed by atoms with van der Waals surface area (Å²) in [4.78, 5) is 4.53. The van der Waals surface area contributed by atoms with E-state index in [0.717, 1.165) is 13.1 Å². The van der Waals surface area contributed by atoms with E-state index in [0.29, 0.717) is 24.0 Å². The topological polar surface area (TPSA) is 48.5 Å². The minimum atomic E-state index is 0.319. The van der Waals surface area contributed by atoms with E-state index < -0.39 is 0 Å². The van der Waals surface area contributed by atoms with Crippen LogP contribution in [0.4, 0.5) is 0 Å². The van der Waals surface area contributed by atoms with Crippen LogP contribution in [0.1, 0.15) is 13.8 Å². The molecule has 0 saturated carbocycles. The number of aliphatic imine (C=N–C) groups is 1. The average Bonchev–Trinajstić information content (AvgIpc) is 2.34. The Morgan fingerprint density at radius 3 is 2.62 bits per heavy atom. The molecule has 21 heavy (non-hydrogen) atoms. The predicted octanol–water partition coefficient (Wildman–Crippen LogP) is 1.26. The maximum atomic E-state index is 4.53. The van der Waals surface area contributed by atoms with Gasteiger partial charge in [0, 0.05) is 42.7 Å². The van der Waals surface area contributed by atoms with Crippen molar-refractivity contribution in [2.75, 3.05) is 13.1 Å². The van der Waals surface area contributed by atoms with Gasteiger partial charge in [-0.3, -0.25) is 4.99 Å². The van der Waals surface area contributed by atoms with Crippen molar-refractivity contribution in [3.63, 3.8) is 0 Å². The van der Waals surface area contributed by atoms with Crippen molar-refractivity contribution in [3.8, 4) is 0 Å². The quantitative estimate of drug-likeness (QED) is 0.730. The van der Waals surface area contributed by atoms with Crippen molar-refractivity contribution >= 4 is 6.21 Å². The number of dihydropyridines is 1. The molecule has 1 aliphatic carbocycles. The predicted molar refractivity (Wildman–Crippen MR) is 86.2 cm³/mol. The molecule has 110 valence electrons. The van der Waals surface area contributed by atoms with Gasteiger partial charge in [-0.25, -0.2) is 0 Å². The largest absolute Gasteiger partial charge is 0.383 e. The van der Waals surface area contributed by atoms with Crippen LogP contribution < -0.4 is 16.0 Å². The number of hydrogen-bond acceptors (Lipinski definition) is 4. The third kappa shape index (κ3) is 2.33. The van der Waals surface area contributed by atoms with Crippen molar-refractivity contribution in [1.82, 2.24) is 16.0 Å². The molecule has 0 amide bonds. The zero-order valence-corrected chi connectivity index (χ0v) is 12.6. The first-order valence-electron chi connectivity index (χ1n) is 7.80. The number of nitrogens with zero attached hydrogens (tertiary/aromatic N) is 1. The fourth-order valence-corrected chi connectivity index (χ4v) is 3.31. The number of fused-ring (bicyclic) bond motifs is 1. The lowest BCUT2D eigenvalue weighted by atomic mass is 9.82. The van der Waals surface area contributed by atoms with Gasteiger partial charge >= 0.3 is 0 Å². The molecule has 4 aliphatic rings. The number of nitrogens with one attached hydrogen (secondary N) is 3. The zero-order chi connectivity index (χ0) is 14.4. The fraction of sp³-hybridized carbons (Fsp3) is 0.471. The van der Waals surface area contributed by atoms with Gasteiger partial charge in [0.25, 0.3) is 0 Å². The van der Waals surface area contributed by atoms with Gasteiger partial charge in [-0.1, -0.05) is 12.2 Å². The van der Waals surface area contributed by atoms with Crippen molar-refractivity contribution < 1.29 is 0 Å². The lowest BCUT2D eigenvalue weighted by Crippen LogP contribution is -2.56. The third-order valence-electron chi connectivity index (χ3n) is 4.53. The van der Waals surface area contributed by atoms with Crippen LogP contribution in [0.15, 0.2) is 51.8 Å². The average molecular weight is 282 g/mol. The standard InChI is InChI=1S/C17H22N4/c1-10-3-12(4-11(2)20-10)13-5-14-7-19-17(14)16(6-13)21-15-8-18-9-15/h3-7,10,14-15,17-18,20-21H,8-9H2,1-2H3. The molecule has 0 aromatic rings. The second kappa shape index (κ2) is 4.88. The summed E-state index contributed by atoms with van der Waals surface area (Å²) in [6.45, 7) is 6.43. The molecule has 3 aliphatic heterocycles. The molecule has 0 aromatic carbocycles. The summed E-state index contributed by atoms with van der Waals surface area (Å²) in [6, 6.07) is 1.27. The Balaban J connectivity index is 1.62. The van der Waals surface area contributed by atoms with Crippen LogP contribution >= 0.6 is 0 Å². The monoisotopic (exact) mass is 282 g/mol. The zero-order valence-electron chi connectivity index (χ0n) is 12.6. The third-order valence-corrected chi connectivity index (χ3v) is 4.53. The van der Waals surface area contributed by atoms with Gasteiger partial charge in [-0.2, -0.15) is 0 Å². The van der Waals surface area contributed by atoms with Gasteiger partial charge in [0.15, 0.2) is 0 Å². The van der Waals surface area contributed by atoms with Crippen molar-refractivity contribution in [2.24, 2.45) is 10.9 Å². The van der Waals surface area contributed by atoms with Crippen molar-refractivity contribution in [2.45, 2.75) is 32.0 Å². The molecule has 0 radical (unpaired) electrons. The number of allylic oxidation sites excluding steroid dienone is 5. The second-order valence-corrected chi connectivity index (χ2v) is 6.42. The molecule has 3 unspecified atom stereocenters. The fourth-order valence-electron chi connectivity index (χ4n) is 3.31. The molecule has 4 rings (SSSR count). The second-order valence-electron chi connectivity index (χ2n) is 6.42. The first-order valence-corrected chi connectivity index (χ1v) is 7.80. The molecule has 0 spiro atoms. The molecule has 3 N–H and O–H groups in total. The van der Waals surface area contributed by atoms with Gasteiger partial charge in [-0.15, -0.1) is 0 Å². The summed E-state index contributed by atoms with van der Waals surface area (Å²) >= 11 is 0. The van der Waals surface area contributed by atoms with Crippen LogP contribution in [0.2, 0.25) is 0 Å². The molecule has 0 bridgehead atoms. The Kier molecular flexibility index (Phi) is 3.00. The smallest absolute Gasteiger partial charge is 0.100 e. The van der Waals surface area contributed by atoms with E-state index >= 15 is 0 Å². The van der Waals surface area contributed by atoms with E-state index in [4.69, 9.17) is 0 Å². The molecular weight excluding hydrogens is 260 g/mol. The van der Waals surface area contributed by atoms with Crippen LogP contribution in [0, 0.1) is 5.92 Å². The minimum Gasteiger partial charge on any atom is -0.383 e. The van der Waals surface area contributed by atoms with Crippen LogP contribution in [-0.2, 0) is 0 Å². The van der Waals surface area contributed by atoms with Crippen molar-refractivity contribution in [3.05, 3.63) is 46.8 Å².